The molecule has 1 heterocycles. The SMILES string of the molecule is CCS(=O)(=O)N1C[C@@H](C(=O)N[C@@H](C)c2ccccc2OC)Oc2ccccc21. The van der Waals surface area contributed by atoms with Crippen molar-refractivity contribution in [2.75, 3.05) is 23.7 Å². The van der Waals surface area contributed by atoms with Crippen LogP contribution in [0.15, 0.2) is 48.5 Å². The van der Waals surface area contributed by atoms with Gasteiger partial charge in [0, 0.05) is 5.56 Å². The number of benzene rings is 2. The summed E-state index contributed by atoms with van der Waals surface area (Å²) in [6, 6.07) is 13.9. The topological polar surface area (TPSA) is 84.9 Å². The number of ether oxygens (including phenoxy) is 2. The summed E-state index contributed by atoms with van der Waals surface area (Å²) in [5, 5.41) is 2.90. The quantitative estimate of drug-likeness (QED) is 0.800. The number of rotatable bonds is 6. The molecule has 150 valence electrons. The zero-order valence-corrected chi connectivity index (χ0v) is 16.9. The Morgan fingerprint density at radius 2 is 1.93 bits per heavy atom. The number of nitrogens with zero attached hydrogens (tertiary/aromatic N) is 1. The number of hydrogen-bond donors (Lipinski definition) is 1. The number of carbonyl (C=O) groups is 1. The molecule has 0 fully saturated rings. The minimum Gasteiger partial charge on any atom is -0.496 e. The van der Waals surface area contributed by atoms with E-state index in [1.54, 1.807) is 38.3 Å². The van der Waals surface area contributed by atoms with Crippen LogP contribution in [0.3, 0.4) is 0 Å². The highest BCUT2D eigenvalue weighted by Gasteiger charge is 2.36. The third-order valence-electron chi connectivity index (χ3n) is 4.69. The highest BCUT2D eigenvalue weighted by molar-refractivity contribution is 7.92. The lowest BCUT2D eigenvalue weighted by molar-refractivity contribution is -0.128. The van der Waals surface area contributed by atoms with Gasteiger partial charge < -0.3 is 14.8 Å². The largest absolute Gasteiger partial charge is 0.496 e. The molecule has 0 saturated carbocycles. The van der Waals surface area contributed by atoms with E-state index in [1.807, 2.05) is 31.2 Å². The molecule has 0 spiro atoms. The Balaban J connectivity index is 1.83. The number of para-hydroxylation sites is 3. The monoisotopic (exact) mass is 404 g/mol. The fourth-order valence-corrected chi connectivity index (χ4v) is 4.29. The first-order valence-electron chi connectivity index (χ1n) is 9.06. The first-order chi connectivity index (χ1) is 13.4. The zero-order valence-electron chi connectivity index (χ0n) is 16.1. The fraction of sp³-hybridized carbons (Fsp3) is 0.350. The van der Waals surface area contributed by atoms with Crippen molar-refractivity contribution in [2.24, 2.45) is 0 Å². The maximum atomic E-state index is 12.9. The molecule has 8 heteroatoms. The molecule has 0 saturated heterocycles. The minimum absolute atomic E-state index is 0.0622. The van der Waals surface area contributed by atoms with Gasteiger partial charge in [-0.3, -0.25) is 9.10 Å². The van der Waals surface area contributed by atoms with Gasteiger partial charge in [-0.25, -0.2) is 8.42 Å². The molecule has 3 rings (SSSR count). The summed E-state index contributed by atoms with van der Waals surface area (Å²) in [4.78, 5) is 12.9. The molecule has 2 aromatic rings. The van der Waals surface area contributed by atoms with Crippen molar-refractivity contribution in [3.8, 4) is 11.5 Å². The van der Waals surface area contributed by atoms with E-state index in [2.05, 4.69) is 5.32 Å². The molecule has 28 heavy (non-hydrogen) atoms. The van der Waals surface area contributed by atoms with Crippen LogP contribution in [0.25, 0.3) is 0 Å². The molecule has 0 bridgehead atoms. The average Bonchev–Trinajstić information content (AvgIpc) is 2.72. The van der Waals surface area contributed by atoms with Crippen LogP contribution < -0.4 is 19.1 Å². The number of methoxy groups -OCH3 is 1. The number of hydrogen-bond acceptors (Lipinski definition) is 5. The third kappa shape index (κ3) is 3.91. The number of sulfonamides is 1. The first-order valence-corrected chi connectivity index (χ1v) is 10.7. The summed E-state index contributed by atoms with van der Waals surface area (Å²) < 4.78 is 37.5. The Kier molecular flexibility index (Phi) is 5.79. The van der Waals surface area contributed by atoms with Gasteiger partial charge in [0.25, 0.3) is 5.91 Å². The van der Waals surface area contributed by atoms with E-state index >= 15 is 0 Å². The van der Waals surface area contributed by atoms with Crippen molar-refractivity contribution in [2.45, 2.75) is 26.0 Å². The van der Waals surface area contributed by atoms with E-state index in [1.165, 1.54) is 4.31 Å². The summed E-state index contributed by atoms with van der Waals surface area (Å²) in [7, 11) is -1.97. The Bertz CT molecular complexity index is 961. The molecule has 0 aliphatic carbocycles. The highest BCUT2D eigenvalue weighted by atomic mass is 32.2. The van der Waals surface area contributed by atoms with Gasteiger partial charge in [0.2, 0.25) is 10.0 Å². The van der Waals surface area contributed by atoms with Gasteiger partial charge in [-0.05, 0) is 32.0 Å². The van der Waals surface area contributed by atoms with E-state index < -0.39 is 16.1 Å². The van der Waals surface area contributed by atoms with Crippen molar-refractivity contribution < 1.29 is 22.7 Å². The van der Waals surface area contributed by atoms with Gasteiger partial charge >= 0.3 is 0 Å². The molecule has 2 atom stereocenters. The van der Waals surface area contributed by atoms with Crippen molar-refractivity contribution in [1.29, 1.82) is 0 Å². The fourth-order valence-electron chi connectivity index (χ4n) is 3.17. The van der Waals surface area contributed by atoms with Crippen LogP contribution in [0.4, 0.5) is 5.69 Å². The van der Waals surface area contributed by atoms with Gasteiger partial charge in [-0.2, -0.15) is 0 Å². The lowest BCUT2D eigenvalue weighted by Crippen LogP contribution is -2.51. The first kappa shape index (κ1) is 20.0. The molecule has 0 unspecified atom stereocenters. The van der Waals surface area contributed by atoms with Crippen molar-refractivity contribution in [3.05, 3.63) is 54.1 Å². The van der Waals surface area contributed by atoms with Crippen molar-refractivity contribution in [1.82, 2.24) is 5.32 Å². The lowest BCUT2D eigenvalue weighted by Gasteiger charge is -2.35. The van der Waals surface area contributed by atoms with E-state index in [4.69, 9.17) is 9.47 Å². The van der Waals surface area contributed by atoms with Gasteiger partial charge in [0.05, 0.1) is 31.1 Å². The summed E-state index contributed by atoms with van der Waals surface area (Å²) in [5.41, 5.74) is 1.28. The molecular formula is C20H24N2O5S. The standard InChI is InChI=1S/C20H24N2O5S/c1-4-28(24,25)22-13-19(27-18-12-8-6-10-16(18)22)20(23)21-14(2)15-9-5-7-11-17(15)26-3/h5-12,14,19H,4,13H2,1-3H3,(H,21,23)/t14-,19-/m0/s1. The third-order valence-corrected chi connectivity index (χ3v) is 6.44. The second-order valence-corrected chi connectivity index (χ2v) is 8.66. The minimum atomic E-state index is -3.54. The summed E-state index contributed by atoms with van der Waals surface area (Å²) in [5.74, 6) is 0.591. The molecule has 7 nitrogen and oxygen atoms in total. The number of amides is 1. The van der Waals surface area contributed by atoms with E-state index in [0.29, 0.717) is 17.2 Å². The predicted molar refractivity (Wildman–Crippen MR) is 107 cm³/mol. The van der Waals surface area contributed by atoms with Crippen LogP contribution in [0, 0.1) is 0 Å². The molecule has 1 N–H and O–H groups in total. The molecule has 2 aromatic carbocycles. The Morgan fingerprint density at radius 3 is 2.64 bits per heavy atom. The van der Waals surface area contributed by atoms with Gasteiger partial charge in [-0.15, -0.1) is 0 Å². The summed E-state index contributed by atoms with van der Waals surface area (Å²) in [6.45, 7) is 3.34. The summed E-state index contributed by atoms with van der Waals surface area (Å²) in [6.07, 6.45) is -0.951. The Labute approximate surface area is 165 Å². The van der Waals surface area contributed by atoms with Crippen LogP contribution in [0.5, 0.6) is 11.5 Å². The smallest absolute Gasteiger partial charge is 0.263 e. The molecule has 0 aromatic heterocycles. The van der Waals surface area contributed by atoms with Gasteiger partial charge in [-0.1, -0.05) is 30.3 Å². The van der Waals surface area contributed by atoms with Crippen LogP contribution in [-0.4, -0.2) is 39.8 Å². The number of fused-ring (bicyclic) bond motifs is 1. The number of anilines is 1. The van der Waals surface area contributed by atoms with E-state index in [0.717, 1.165) is 5.56 Å². The van der Waals surface area contributed by atoms with Crippen LogP contribution in [0.2, 0.25) is 0 Å². The second-order valence-electron chi connectivity index (χ2n) is 6.48. The predicted octanol–water partition coefficient (Wildman–Crippen LogP) is 2.49. The zero-order chi connectivity index (χ0) is 20.3. The van der Waals surface area contributed by atoms with Crippen molar-refractivity contribution >= 4 is 21.6 Å². The molecule has 1 aliphatic rings. The van der Waals surface area contributed by atoms with E-state index in [-0.39, 0.29) is 24.2 Å². The number of carbonyl (C=O) groups excluding carboxylic acids is 1. The molecule has 0 radical (unpaired) electrons. The normalized spacial score (nSPS) is 17.2. The van der Waals surface area contributed by atoms with Crippen molar-refractivity contribution in [3.63, 3.8) is 0 Å². The molecular weight excluding hydrogens is 380 g/mol. The maximum Gasteiger partial charge on any atom is 0.263 e. The van der Waals surface area contributed by atoms with Crippen LogP contribution in [-0.2, 0) is 14.8 Å². The van der Waals surface area contributed by atoms with Crippen LogP contribution in [0.1, 0.15) is 25.5 Å². The average molecular weight is 404 g/mol. The number of nitrogens with one attached hydrogen (secondary N) is 1. The Hall–Kier alpha value is -2.74. The highest BCUT2D eigenvalue weighted by Crippen LogP contribution is 2.35. The molecule has 1 amide bonds. The van der Waals surface area contributed by atoms with Crippen LogP contribution >= 0.6 is 0 Å². The maximum absolute atomic E-state index is 12.9. The molecule has 1 aliphatic heterocycles. The summed E-state index contributed by atoms with van der Waals surface area (Å²) >= 11 is 0. The second kappa shape index (κ2) is 8.10. The lowest BCUT2D eigenvalue weighted by atomic mass is 10.1. The Morgan fingerprint density at radius 1 is 1.25 bits per heavy atom. The van der Waals surface area contributed by atoms with Gasteiger partial charge in [0.15, 0.2) is 6.10 Å². The van der Waals surface area contributed by atoms with Gasteiger partial charge in [0.1, 0.15) is 11.5 Å². The van der Waals surface area contributed by atoms with E-state index in [9.17, 15) is 13.2 Å².